The summed E-state index contributed by atoms with van der Waals surface area (Å²) >= 11 is 0. The summed E-state index contributed by atoms with van der Waals surface area (Å²) in [5, 5.41) is 11.6. The average Bonchev–Trinajstić information content (AvgIpc) is 2.49. The Labute approximate surface area is 127 Å². The lowest BCUT2D eigenvalue weighted by atomic mass is 10.1. The third-order valence-electron chi connectivity index (χ3n) is 3.06. The number of anilines is 1. The molecule has 0 unspecified atom stereocenters. The van der Waals surface area contributed by atoms with Gasteiger partial charge < -0.3 is 9.84 Å². The van der Waals surface area contributed by atoms with Crippen molar-refractivity contribution in [2.24, 2.45) is 0 Å². The molecule has 1 heterocycles. The molecule has 6 nitrogen and oxygen atoms in total. The zero-order chi connectivity index (χ0) is 16.1. The minimum atomic E-state index is -1.10. The van der Waals surface area contributed by atoms with Gasteiger partial charge in [0.25, 0.3) is 0 Å². The highest BCUT2D eigenvalue weighted by molar-refractivity contribution is 5.90. The van der Waals surface area contributed by atoms with Crippen molar-refractivity contribution in [2.45, 2.75) is 20.5 Å². The third kappa shape index (κ3) is 3.82. The Hall–Kier alpha value is -2.89. The summed E-state index contributed by atoms with van der Waals surface area (Å²) in [4.78, 5) is 26.8. The Morgan fingerprint density at radius 2 is 1.91 bits per heavy atom. The summed E-state index contributed by atoms with van der Waals surface area (Å²) in [5.74, 6) is -1.10. The predicted octanol–water partition coefficient (Wildman–Crippen LogP) is 3.15. The van der Waals surface area contributed by atoms with Crippen LogP contribution in [0.15, 0.2) is 36.4 Å². The maximum atomic E-state index is 11.8. The number of hydrogen-bond acceptors (Lipinski definition) is 4. The maximum Gasteiger partial charge on any atom is 0.412 e. The Morgan fingerprint density at radius 3 is 2.55 bits per heavy atom. The summed E-state index contributed by atoms with van der Waals surface area (Å²) in [5.41, 5.74) is 2.17. The number of carboxylic acids is 1. The van der Waals surface area contributed by atoms with Gasteiger partial charge in [-0.15, -0.1) is 0 Å². The van der Waals surface area contributed by atoms with Crippen LogP contribution in [0.2, 0.25) is 0 Å². The first-order valence-electron chi connectivity index (χ1n) is 6.66. The second-order valence-corrected chi connectivity index (χ2v) is 4.78. The number of rotatable bonds is 4. The molecule has 1 aromatic carbocycles. The van der Waals surface area contributed by atoms with E-state index in [1.165, 1.54) is 0 Å². The van der Waals surface area contributed by atoms with Gasteiger partial charge in [-0.3, -0.25) is 5.32 Å². The lowest BCUT2D eigenvalue weighted by Crippen LogP contribution is -2.16. The minimum Gasteiger partial charge on any atom is -0.477 e. The molecule has 0 saturated heterocycles. The molecule has 2 aromatic rings. The van der Waals surface area contributed by atoms with Crippen molar-refractivity contribution < 1.29 is 19.4 Å². The summed E-state index contributed by atoms with van der Waals surface area (Å²) in [6.07, 6.45) is -0.615. The number of benzene rings is 1. The summed E-state index contributed by atoms with van der Waals surface area (Å²) in [6, 6.07) is 10.9. The maximum absolute atomic E-state index is 11.8. The van der Waals surface area contributed by atoms with Gasteiger partial charge in [0.2, 0.25) is 0 Å². The van der Waals surface area contributed by atoms with Crippen LogP contribution >= 0.6 is 0 Å². The predicted molar refractivity (Wildman–Crippen MR) is 80.9 cm³/mol. The molecule has 0 aliphatic carbocycles. The number of nitrogens with one attached hydrogen (secondary N) is 1. The van der Waals surface area contributed by atoms with Gasteiger partial charge in [0.1, 0.15) is 6.61 Å². The number of carbonyl (C=O) groups excluding carboxylic acids is 1. The quantitative estimate of drug-likeness (QED) is 0.905. The smallest absolute Gasteiger partial charge is 0.412 e. The molecule has 0 radical (unpaired) electrons. The average molecular weight is 300 g/mol. The Bertz CT molecular complexity index is 699. The highest BCUT2D eigenvalue weighted by Gasteiger charge is 2.14. The number of aromatic nitrogens is 1. The Morgan fingerprint density at radius 1 is 1.23 bits per heavy atom. The van der Waals surface area contributed by atoms with Gasteiger partial charge in [-0.2, -0.15) is 0 Å². The number of ether oxygens (including phenoxy) is 1. The first-order chi connectivity index (χ1) is 10.5. The van der Waals surface area contributed by atoms with Crippen LogP contribution in [0, 0.1) is 13.8 Å². The van der Waals surface area contributed by atoms with E-state index < -0.39 is 12.1 Å². The number of nitrogens with zero attached hydrogens (tertiary/aromatic N) is 1. The van der Waals surface area contributed by atoms with Crippen LogP contribution in [0.25, 0.3) is 0 Å². The largest absolute Gasteiger partial charge is 0.477 e. The second-order valence-electron chi connectivity index (χ2n) is 4.78. The molecule has 22 heavy (non-hydrogen) atoms. The van der Waals surface area contributed by atoms with Gasteiger partial charge in [-0.05, 0) is 31.0 Å². The van der Waals surface area contributed by atoms with Crippen LogP contribution < -0.4 is 5.32 Å². The summed E-state index contributed by atoms with van der Waals surface area (Å²) < 4.78 is 5.11. The Kier molecular flexibility index (Phi) is 4.73. The van der Waals surface area contributed by atoms with Crippen LogP contribution in [0.4, 0.5) is 10.5 Å². The lowest BCUT2D eigenvalue weighted by molar-refractivity contribution is 0.0689. The van der Waals surface area contributed by atoms with Crippen molar-refractivity contribution in [3.63, 3.8) is 0 Å². The molecule has 0 saturated carbocycles. The van der Waals surface area contributed by atoms with Crippen molar-refractivity contribution in [1.82, 2.24) is 4.98 Å². The molecule has 0 spiro atoms. The van der Waals surface area contributed by atoms with Crippen LogP contribution in [0.1, 0.15) is 27.3 Å². The number of amides is 1. The van der Waals surface area contributed by atoms with Crippen molar-refractivity contribution in [3.8, 4) is 0 Å². The van der Waals surface area contributed by atoms with Crippen LogP contribution in [-0.4, -0.2) is 22.2 Å². The fourth-order valence-corrected chi connectivity index (χ4v) is 1.92. The van der Waals surface area contributed by atoms with E-state index in [9.17, 15) is 9.59 Å². The summed E-state index contributed by atoms with van der Waals surface area (Å²) in [7, 11) is 0. The monoisotopic (exact) mass is 300 g/mol. The first kappa shape index (κ1) is 15.5. The van der Waals surface area contributed by atoms with E-state index in [4.69, 9.17) is 9.84 Å². The van der Waals surface area contributed by atoms with E-state index in [0.29, 0.717) is 16.9 Å². The standard InChI is InChI=1S/C16H16N2O4/c1-10-8-13(11(2)17-14(10)15(19)20)18-16(21)22-9-12-6-4-3-5-7-12/h3-8H,9H2,1-2H3,(H,18,21)(H,19,20). The molecular formula is C16H16N2O4. The molecule has 2 N–H and O–H groups in total. The number of hydrogen-bond donors (Lipinski definition) is 2. The molecule has 1 amide bonds. The third-order valence-corrected chi connectivity index (χ3v) is 3.06. The molecule has 0 atom stereocenters. The van der Waals surface area contributed by atoms with Gasteiger partial charge >= 0.3 is 12.1 Å². The SMILES string of the molecule is Cc1cc(NC(=O)OCc2ccccc2)c(C)nc1C(=O)O. The molecule has 0 aliphatic rings. The van der Waals surface area contributed by atoms with Crippen molar-refractivity contribution in [2.75, 3.05) is 5.32 Å². The number of pyridine rings is 1. The summed E-state index contributed by atoms with van der Waals surface area (Å²) in [6.45, 7) is 3.40. The topological polar surface area (TPSA) is 88.5 Å². The second kappa shape index (κ2) is 6.71. The van der Waals surface area contributed by atoms with E-state index in [1.807, 2.05) is 30.3 Å². The number of carbonyl (C=O) groups is 2. The lowest BCUT2D eigenvalue weighted by Gasteiger charge is -2.11. The van der Waals surface area contributed by atoms with E-state index in [-0.39, 0.29) is 12.3 Å². The fraction of sp³-hybridized carbons (Fsp3) is 0.188. The van der Waals surface area contributed by atoms with Crippen molar-refractivity contribution >= 4 is 17.7 Å². The normalized spacial score (nSPS) is 10.1. The van der Waals surface area contributed by atoms with Crippen LogP contribution in [0.3, 0.4) is 0 Å². The van der Waals surface area contributed by atoms with Gasteiger partial charge in [0, 0.05) is 0 Å². The molecule has 0 aliphatic heterocycles. The molecule has 6 heteroatoms. The van der Waals surface area contributed by atoms with E-state index >= 15 is 0 Å². The molecule has 2 rings (SSSR count). The minimum absolute atomic E-state index is 0.0271. The van der Waals surface area contributed by atoms with Gasteiger partial charge in [0.05, 0.1) is 11.4 Å². The van der Waals surface area contributed by atoms with Crippen molar-refractivity contribution in [3.05, 3.63) is 58.9 Å². The van der Waals surface area contributed by atoms with E-state index in [0.717, 1.165) is 5.56 Å². The molecule has 0 bridgehead atoms. The Balaban J connectivity index is 2.02. The number of carboxylic acid groups (broad SMARTS) is 1. The molecule has 0 fully saturated rings. The zero-order valence-electron chi connectivity index (χ0n) is 12.3. The van der Waals surface area contributed by atoms with Crippen molar-refractivity contribution in [1.29, 1.82) is 0 Å². The highest BCUT2D eigenvalue weighted by atomic mass is 16.5. The highest BCUT2D eigenvalue weighted by Crippen LogP contribution is 2.18. The number of aromatic carboxylic acids is 1. The van der Waals surface area contributed by atoms with Gasteiger partial charge in [0.15, 0.2) is 5.69 Å². The van der Waals surface area contributed by atoms with Gasteiger partial charge in [-0.25, -0.2) is 14.6 Å². The van der Waals surface area contributed by atoms with E-state index in [1.54, 1.807) is 19.9 Å². The fourth-order valence-electron chi connectivity index (χ4n) is 1.92. The molecular weight excluding hydrogens is 284 g/mol. The molecule has 114 valence electrons. The van der Waals surface area contributed by atoms with Gasteiger partial charge in [-0.1, -0.05) is 30.3 Å². The van der Waals surface area contributed by atoms with E-state index in [2.05, 4.69) is 10.3 Å². The zero-order valence-corrected chi connectivity index (χ0v) is 12.3. The van der Waals surface area contributed by atoms with Crippen LogP contribution in [0.5, 0.6) is 0 Å². The number of aryl methyl sites for hydroxylation is 2. The molecule has 1 aromatic heterocycles. The first-order valence-corrected chi connectivity index (χ1v) is 6.66. The van der Waals surface area contributed by atoms with Crippen LogP contribution in [-0.2, 0) is 11.3 Å².